The maximum atomic E-state index is 14.0. The van der Waals surface area contributed by atoms with Crippen LogP contribution in [0.1, 0.15) is 37.9 Å². The Balaban J connectivity index is 1.27. The summed E-state index contributed by atoms with van der Waals surface area (Å²) in [6.07, 6.45) is 3.73. The van der Waals surface area contributed by atoms with Gasteiger partial charge in [0.1, 0.15) is 5.82 Å². The highest BCUT2D eigenvalue weighted by molar-refractivity contribution is 7.89. The number of halogens is 1. The molecule has 1 spiro atoms. The summed E-state index contributed by atoms with van der Waals surface area (Å²) in [5.74, 6) is -0.351. The molecule has 35 heavy (non-hydrogen) atoms. The van der Waals surface area contributed by atoms with E-state index in [1.165, 1.54) is 23.4 Å². The zero-order valence-electron chi connectivity index (χ0n) is 19.7. The molecule has 0 aliphatic carbocycles. The van der Waals surface area contributed by atoms with Crippen molar-refractivity contribution in [2.45, 2.75) is 49.6 Å². The highest BCUT2D eigenvalue weighted by Gasteiger charge is 2.44. The van der Waals surface area contributed by atoms with Gasteiger partial charge in [-0.1, -0.05) is 0 Å². The second-order valence-electron chi connectivity index (χ2n) is 9.77. The van der Waals surface area contributed by atoms with Crippen molar-refractivity contribution in [3.05, 3.63) is 71.8 Å². The normalized spacial score (nSPS) is 20.8. The maximum Gasteiger partial charge on any atom is 0.243 e. The first kappa shape index (κ1) is 22.3. The molecule has 3 aromatic rings. The molecule has 2 aromatic carbocycles. The minimum absolute atomic E-state index is 0.0108. The van der Waals surface area contributed by atoms with Crippen molar-refractivity contribution >= 4 is 27.3 Å². The number of aromatic nitrogens is 1. The lowest BCUT2D eigenvalue weighted by molar-refractivity contribution is -0.116. The van der Waals surface area contributed by atoms with Gasteiger partial charge in [-0.2, -0.15) is 4.31 Å². The lowest BCUT2D eigenvalue weighted by Gasteiger charge is -2.45. The number of carbonyl (C=O) groups excluding carboxylic acids is 1. The average Bonchev–Trinajstić information content (AvgIpc) is 3.43. The Kier molecular flexibility index (Phi) is 4.88. The van der Waals surface area contributed by atoms with Gasteiger partial charge in [0.05, 0.1) is 21.8 Å². The zero-order chi connectivity index (χ0) is 24.5. The number of amides is 1. The zero-order valence-corrected chi connectivity index (χ0v) is 20.5. The standard InChI is InChI=1S/C26H27FN4O3S/c1-17-14-19-15-21(6-8-23(19)31(17)18(2)32)35(33,34)29-12-9-26(10-13-29)25-4-3-11-30(25)24-7-5-20(27)16-22(24)28-26/h3-8,11,15-17,28H,9-10,12-14H2,1-2H3. The number of sulfonamides is 1. The van der Waals surface area contributed by atoms with Gasteiger partial charge in [-0.25, -0.2) is 12.8 Å². The SMILES string of the molecule is CC(=O)N1c2ccc(S(=O)(=O)N3CCC4(CC3)Nc3cc(F)ccc3-n3cccc34)cc2CC1C. The monoisotopic (exact) mass is 494 g/mol. The van der Waals surface area contributed by atoms with Crippen LogP contribution in [-0.4, -0.2) is 42.3 Å². The number of carbonyl (C=O) groups is 1. The van der Waals surface area contributed by atoms with Crippen molar-refractivity contribution in [1.29, 1.82) is 0 Å². The van der Waals surface area contributed by atoms with E-state index >= 15 is 0 Å². The smallest absolute Gasteiger partial charge is 0.243 e. The molecule has 1 fully saturated rings. The molecule has 9 heteroatoms. The number of hydrogen-bond donors (Lipinski definition) is 1. The molecule has 6 rings (SSSR count). The number of hydrogen-bond acceptors (Lipinski definition) is 4. The van der Waals surface area contributed by atoms with Crippen LogP contribution in [0, 0.1) is 5.82 Å². The van der Waals surface area contributed by atoms with Gasteiger partial charge in [0.2, 0.25) is 15.9 Å². The second kappa shape index (κ2) is 7.66. The van der Waals surface area contributed by atoms with Crippen molar-refractivity contribution < 1.29 is 17.6 Å². The molecule has 0 saturated carbocycles. The van der Waals surface area contributed by atoms with Gasteiger partial charge in [0.15, 0.2) is 0 Å². The number of fused-ring (bicyclic) bond motifs is 5. The largest absolute Gasteiger partial charge is 0.372 e. The van der Waals surface area contributed by atoms with E-state index in [1.54, 1.807) is 29.2 Å². The van der Waals surface area contributed by atoms with Gasteiger partial charge in [0, 0.05) is 43.6 Å². The molecule has 1 atom stereocenters. The van der Waals surface area contributed by atoms with Crippen LogP contribution in [0.3, 0.4) is 0 Å². The molecule has 0 bridgehead atoms. The van der Waals surface area contributed by atoms with E-state index in [0.29, 0.717) is 38.0 Å². The van der Waals surface area contributed by atoms with Crippen molar-refractivity contribution in [1.82, 2.24) is 8.87 Å². The van der Waals surface area contributed by atoms with E-state index in [2.05, 4.69) is 9.88 Å². The van der Waals surface area contributed by atoms with Gasteiger partial charge in [-0.3, -0.25) is 4.79 Å². The maximum absolute atomic E-state index is 14.0. The summed E-state index contributed by atoms with van der Waals surface area (Å²) >= 11 is 0. The molecule has 3 aliphatic heterocycles. The molecular formula is C26H27FN4O3S. The van der Waals surface area contributed by atoms with Crippen molar-refractivity contribution in [2.24, 2.45) is 0 Å². The Labute approximate surface area is 204 Å². The number of nitrogens with one attached hydrogen (secondary N) is 1. The summed E-state index contributed by atoms with van der Waals surface area (Å²) in [6, 6.07) is 13.8. The predicted molar refractivity (Wildman–Crippen MR) is 132 cm³/mol. The fourth-order valence-electron chi connectivity index (χ4n) is 6.01. The minimum atomic E-state index is -3.69. The molecular weight excluding hydrogens is 467 g/mol. The Morgan fingerprint density at radius 1 is 1.09 bits per heavy atom. The van der Waals surface area contributed by atoms with E-state index in [4.69, 9.17) is 0 Å². The van der Waals surface area contributed by atoms with E-state index in [0.717, 1.165) is 22.6 Å². The number of nitrogens with zero attached hydrogens (tertiary/aromatic N) is 3. The lowest BCUT2D eigenvalue weighted by atomic mass is 9.83. The fourth-order valence-corrected chi connectivity index (χ4v) is 7.50. The van der Waals surface area contributed by atoms with Gasteiger partial charge < -0.3 is 14.8 Å². The van der Waals surface area contributed by atoms with Crippen LogP contribution in [0.2, 0.25) is 0 Å². The summed E-state index contributed by atoms with van der Waals surface area (Å²) in [5, 5.41) is 3.54. The number of rotatable bonds is 2. The first-order chi connectivity index (χ1) is 16.7. The lowest BCUT2D eigenvalue weighted by Crippen LogP contribution is -2.51. The molecule has 3 aliphatic rings. The number of benzene rings is 2. The Bertz CT molecular complexity index is 1460. The van der Waals surface area contributed by atoms with Crippen LogP contribution < -0.4 is 10.2 Å². The topological polar surface area (TPSA) is 74.7 Å². The first-order valence-corrected chi connectivity index (χ1v) is 13.3. The van der Waals surface area contributed by atoms with Crippen LogP contribution >= 0.6 is 0 Å². The third-order valence-electron chi connectivity index (χ3n) is 7.65. The molecule has 7 nitrogen and oxygen atoms in total. The van der Waals surface area contributed by atoms with Gasteiger partial charge in [0.25, 0.3) is 0 Å². The van der Waals surface area contributed by atoms with Crippen LogP contribution in [0.15, 0.2) is 59.6 Å². The van der Waals surface area contributed by atoms with Crippen molar-refractivity contribution in [3.8, 4) is 5.69 Å². The summed E-state index contributed by atoms with van der Waals surface area (Å²) < 4.78 is 44.7. The Morgan fingerprint density at radius 2 is 1.83 bits per heavy atom. The predicted octanol–water partition coefficient (Wildman–Crippen LogP) is 4.02. The molecule has 1 saturated heterocycles. The Morgan fingerprint density at radius 3 is 2.57 bits per heavy atom. The molecule has 1 N–H and O–H groups in total. The first-order valence-electron chi connectivity index (χ1n) is 11.9. The summed E-state index contributed by atoms with van der Waals surface area (Å²) in [4.78, 5) is 14.0. The number of piperidine rings is 1. The Hall–Kier alpha value is -3.17. The van der Waals surface area contributed by atoms with Gasteiger partial charge in [-0.05, 0) is 80.3 Å². The summed E-state index contributed by atoms with van der Waals surface area (Å²) in [5.41, 5.74) is 3.87. The van der Waals surface area contributed by atoms with Gasteiger partial charge >= 0.3 is 0 Å². The summed E-state index contributed by atoms with van der Waals surface area (Å²) in [6.45, 7) is 4.19. The third kappa shape index (κ3) is 3.32. The van der Waals surface area contributed by atoms with E-state index in [-0.39, 0.29) is 22.7 Å². The molecule has 4 heterocycles. The quantitative estimate of drug-likeness (QED) is 0.584. The van der Waals surface area contributed by atoms with Gasteiger partial charge in [-0.15, -0.1) is 0 Å². The molecule has 182 valence electrons. The molecule has 0 radical (unpaired) electrons. The van der Waals surface area contributed by atoms with E-state index in [1.807, 2.05) is 25.3 Å². The fraction of sp³-hybridized carbons (Fsp3) is 0.346. The van der Waals surface area contributed by atoms with Crippen LogP contribution in [-0.2, 0) is 26.8 Å². The molecule has 1 unspecified atom stereocenters. The van der Waals surface area contributed by atoms with Crippen molar-refractivity contribution in [2.75, 3.05) is 23.3 Å². The van der Waals surface area contributed by atoms with Crippen LogP contribution in [0.5, 0.6) is 0 Å². The number of anilines is 2. The highest BCUT2D eigenvalue weighted by Crippen LogP contribution is 2.44. The van der Waals surface area contributed by atoms with E-state index in [9.17, 15) is 17.6 Å². The highest BCUT2D eigenvalue weighted by atomic mass is 32.2. The van der Waals surface area contributed by atoms with Crippen molar-refractivity contribution in [3.63, 3.8) is 0 Å². The second-order valence-corrected chi connectivity index (χ2v) is 11.7. The van der Waals surface area contributed by atoms with Crippen LogP contribution in [0.25, 0.3) is 5.69 Å². The minimum Gasteiger partial charge on any atom is -0.372 e. The third-order valence-corrected chi connectivity index (χ3v) is 9.55. The van der Waals surface area contributed by atoms with Crippen LogP contribution in [0.4, 0.5) is 15.8 Å². The molecule has 1 amide bonds. The molecule has 1 aromatic heterocycles. The summed E-state index contributed by atoms with van der Waals surface area (Å²) in [7, 11) is -3.69. The van der Waals surface area contributed by atoms with E-state index < -0.39 is 15.6 Å². The average molecular weight is 495 g/mol.